The van der Waals surface area contributed by atoms with Crippen LogP contribution in [-0.2, 0) is 4.74 Å². The maximum Gasteiger partial charge on any atom is 0.389 e. The molecule has 3 unspecified atom stereocenters. The third-order valence-corrected chi connectivity index (χ3v) is 4.33. The van der Waals surface area contributed by atoms with Crippen molar-refractivity contribution in [2.75, 3.05) is 13.2 Å². The molecule has 3 atom stereocenters. The van der Waals surface area contributed by atoms with Gasteiger partial charge in [-0.25, -0.2) is 0 Å². The van der Waals surface area contributed by atoms with Crippen LogP contribution in [-0.4, -0.2) is 31.5 Å². The van der Waals surface area contributed by atoms with E-state index in [2.05, 4.69) is 19.2 Å². The van der Waals surface area contributed by atoms with E-state index >= 15 is 0 Å². The van der Waals surface area contributed by atoms with Crippen LogP contribution in [0.1, 0.15) is 39.5 Å². The molecule has 0 spiro atoms. The van der Waals surface area contributed by atoms with Gasteiger partial charge in [0.05, 0.1) is 6.10 Å². The number of halogens is 3. The Morgan fingerprint density at radius 3 is 2.72 bits per heavy atom. The molecule has 2 aliphatic rings. The number of ether oxygens (including phenoxy) is 1. The summed E-state index contributed by atoms with van der Waals surface area (Å²) in [5, 5.41) is 3.30. The second kappa shape index (κ2) is 5.00. The molecule has 0 aromatic heterocycles. The van der Waals surface area contributed by atoms with Crippen molar-refractivity contribution in [3.05, 3.63) is 0 Å². The van der Waals surface area contributed by atoms with Gasteiger partial charge in [0, 0.05) is 30.4 Å². The van der Waals surface area contributed by atoms with E-state index in [1.54, 1.807) is 0 Å². The van der Waals surface area contributed by atoms with Crippen molar-refractivity contribution in [3.8, 4) is 0 Å². The van der Waals surface area contributed by atoms with Crippen molar-refractivity contribution in [1.82, 2.24) is 5.32 Å². The fraction of sp³-hybridized carbons (Fsp3) is 1.00. The van der Waals surface area contributed by atoms with Gasteiger partial charge in [0.15, 0.2) is 0 Å². The summed E-state index contributed by atoms with van der Waals surface area (Å²) >= 11 is 0. The molecule has 0 radical (unpaired) electrons. The molecule has 2 fully saturated rings. The lowest BCUT2D eigenvalue weighted by Crippen LogP contribution is -2.69. The van der Waals surface area contributed by atoms with E-state index in [4.69, 9.17) is 4.74 Å². The van der Waals surface area contributed by atoms with Gasteiger partial charge in [0.1, 0.15) is 0 Å². The van der Waals surface area contributed by atoms with Crippen LogP contribution in [0.4, 0.5) is 13.2 Å². The fourth-order valence-corrected chi connectivity index (χ4v) is 3.48. The predicted molar refractivity (Wildman–Crippen MR) is 63.3 cm³/mol. The van der Waals surface area contributed by atoms with E-state index in [0.29, 0.717) is 18.5 Å². The topological polar surface area (TPSA) is 21.3 Å². The number of fused-ring (bicyclic) bond motifs is 1. The fourth-order valence-electron chi connectivity index (χ4n) is 3.48. The Morgan fingerprint density at radius 2 is 2.06 bits per heavy atom. The Morgan fingerprint density at radius 1 is 1.33 bits per heavy atom. The first kappa shape index (κ1) is 14.1. The Bertz CT molecular complexity index is 290. The SMILES string of the molecule is CC1(C)C(NCCCC(F)(F)F)C2CCCOC21. The molecule has 1 aliphatic heterocycles. The van der Waals surface area contributed by atoms with Crippen LogP contribution in [0.2, 0.25) is 0 Å². The van der Waals surface area contributed by atoms with Crippen LogP contribution in [0, 0.1) is 11.3 Å². The van der Waals surface area contributed by atoms with Gasteiger partial charge in [-0.05, 0) is 25.8 Å². The molecule has 1 saturated carbocycles. The summed E-state index contributed by atoms with van der Waals surface area (Å²) in [6.45, 7) is 5.55. The highest BCUT2D eigenvalue weighted by Gasteiger charge is 2.57. The first-order chi connectivity index (χ1) is 8.32. The highest BCUT2D eigenvalue weighted by atomic mass is 19.4. The molecule has 1 heterocycles. The van der Waals surface area contributed by atoms with Gasteiger partial charge in [-0.3, -0.25) is 0 Å². The van der Waals surface area contributed by atoms with Crippen molar-refractivity contribution in [2.24, 2.45) is 11.3 Å². The van der Waals surface area contributed by atoms with Crippen molar-refractivity contribution < 1.29 is 17.9 Å². The van der Waals surface area contributed by atoms with Gasteiger partial charge in [0.2, 0.25) is 0 Å². The molecule has 0 aromatic carbocycles. The van der Waals surface area contributed by atoms with E-state index in [1.807, 2.05) is 0 Å². The Labute approximate surface area is 106 Å². The lowest BCUT2D eigenvalue weighted by atomic mass is 9.55. The van der Waals surface area contributed by atoms with Crippen LogP contribution in [0.5, 0.6) is 0 Å². The standard InChI is InChI=1S/C13H22F3NO/c1-12(2)10(9-5-3-8-18-11(9)12)17-7-4-6-13(14,15)16/h9-11,17H,3-8H2,1-2H3. The number of hydrogen-bond acceptors (Lipinski definition) is 2. The molecule has 2 rings (SSSR count). The summed E-state index contributed by atoms with van der Waals surface area (Å²) in [7, 11) is 0. The van der Waals surface area contributed by atoms with Crippen molar-refractivity contribution >= 4 is 0 Å². The molecule has 18 heavy (non-hydrogen) atoms. The van der Waals surface area contributed by atoms with E-state index in [-0.39, 0.29) is 17.9 Å². The molecular weight excluding hydrogens is 243 g/mol. The molecule has 0 amide bonds. The smallest absolute Gasteiger partial charge is 0.377 e. The van der Waals surface area contributed by atoms with Crippen LogP contribution >= 0.6 is 0 Å². The quantitative estimate of drug-likeness (QED) is 0.789. The normalized spacial score (nSPS) is 34.8. The molecule has 0 bridgehead atoms. The zero-order chi connectivity index (χ0) is 13.4. The third kappa shape index (κ3) is 2.82. The van der Waals surface area contributed by atoms with E-state index in [1.165, 1.54) is 0 Å². The zero-order valence-electron chi connectivity index (χ0n) is 11.0. The van der Waals surface area contributed by atoms with Gasteiger partial charge >= 0.3 is 6.18 Å². The molecule has 1 N–H and O–H groups in total. The van der Waals surface area contributed by atoms with Gasteiger partial charge < -0.3 is 10.1 Å². The molecule has 0 aromatic rings. The minimum atomic E-state index is -4.03. The van der Waals surface area contributed by atoms with E-state index in [0.717, 1.165) is 19.4 Å². The maximum atomic E-state index is 12.0. The maximum absolute atomic E-state index is 12.0. The molecule has 2 nitrogen and oxygen atoms in total. The van der Waals surface area contributed by atoms with Crippen LogP contribution in [0.3, 0.4) is 0 Å². The number of hydrogen-bond donors (Lipinski definition) is 1. The Kier molecular flexibility index (Phi) is 3.93. The summed E-state index contributed by atoms with van der Waals surface area (Å²) in [5.41, 5.74) is 0.0450. The average Bonchev–Trinajstić information content (AvgIpc) is 2.27. The van der Waals surface area contributed by atoms with Gasteiger partial charge in [-0.15, -0.1) is 0 Å². The zero-order valence-corrected chi connectivity index (χ0v) is 11.0. The third-order valence-electron chi connectivity index (χ3n) is 4.33. The first-order valence-corrected chi connectivity index (χ1v) is 6.74. The van der Waals surface area contributed by atoms with Gasteiger partial charge in [0.25, 0.3) is 0 Å². The summed E-state index contributed by atoms with van der Waals surface area (Å²) in [6, 6.07) is 0.302. The lowest BCUT2D eigenvalue weighted by molar-refractivity contribution is -0.192. The molecule has 106 valence electrons. The van der Waals surface area contributed by atoms with Crippen molar-refractivity contribution in [1.29, 1.82) is 0 Å². The molecular formula is C13H22F3NO. The molecule has 1 saturated heterocycles. The number of rotatable bonds is 4. The summed E-state index contributed by atoms with van der Waals surface area (Å²) in [5.74, 6) is 0.486. The minimum absolute atomic E-state index is 0.0450. The van der Waals surface area contributed by atoms with Crippen molar-refractivity contribution in [3.63, 3.8) is 0 Å². The van der Waals surface area contributed by atoms with E-state index in [9.17, 15) is 13.2 Å². The summed E-state index contributed by atoms with van der Waals surface area (Å²) in [6.07, 6.45) is -2.09. The average molecular weight is 265 g/mol. The monoisotopic (exact) mass is 265 g/mol. The van der Waals surface area contributed by atoms with Crippen LogP contribution in [0.25, 0.3) is 0 Å². The Hall–Kier alpha value is -0.290. The largest absolute Gasteiger partial charge is 0.389 e. The van der Waals surface area contributed by atoms with Gasteiger partial charge in [-0.2, -0.15) is 13.2 Å². The van der Waals surface area contributed by atoms with E-state index < -0.39 is 12.6 Å². The van der Waals surface area contributed by atoms with Crippen LogP contribution in [0.15, 0.2) is 0 Å². The highest BCUT2D eigenvalue weighted by molar-refractivity contribution is 5.10. The summed E-state index contributed by atoms with van der Waals surface area (Å²) in [4.78, 5) is 0. The lowest BCUT2D eigenvalue weighted by Gasteiger charge is -2.60. The predicted octanol–water partition coefficient (Wildman–Crippen LogP) is 3.12. The second-order valence-electron chi connectivity index (χ2n) is 6.07. The number of nitrogens with one attached hydrogen (secondary N) is 1. The first-order valence-electron chi connectivity index (χ1n) is 6.74. The van der Waals surface area contributed by atoms with Crippen molar-refractivity contribution in [2.45, 2.75) is 57.9 Å². The van der Waals surface area contributed by atoms with Gasteiger partial charge in [-0.1, -0.05) is 13.8 Å². The highest BCUT2D eigenvalue weighted by Crippen LogP contribution is 2.51. The molecule has 5 heteroatoms. The molecule has 1 aliphatic carbocycles. The number of alkyl halides is 3. The summed E-state index contributed by atoms with van der Waals surface area (Å²) < 4.78 is 41.9. The second-order valence-corrected chi connectivity index (χ2v) is 6.07. The van der Waals surface area contributed by atoms with Crippen LogP contribution < -0.4 is 5.32 Å². The minimum Gasteiger partial charge on any atom is -0.377 e. The Balaban J connectivity index is 1.76.